The number of carbonyl (C=O) groups excluding carboxylic acids is 2. The van der Waals surface area contributed by atoms with Crippen molar-refractivity contribution in [2.45, 2.75) is 46.2 Å². The van der Waals surface area contributed by atoms with Crippen molar-refractivity contribution in [1.29, 1.82) is 0 Å². The first-order valence-corrected chi connectivity index (χ1v) is 10.3. The molecule has 0 bridgehead atoms. The predicted molar refractivity (Wildman–Crippen MR) is 118 cm³/mol. The van der Waals surface area contributed by atoms with E-state index in [1.165, 1.54) is 0 Å². The van der Waals surface area contributed by atoms with Crippen molar-refractivity contribution in [1.82, 2.24) is 10.2 Å². The van der Waals surface area contributed by atoms with E-state index in [1.54, 1.807) is 18.9 Å². The van der Waals surface area contributed by atoms with E-state index >= 15 is 0 Å². The fraction of sp³-hybridized carbons (Fsp3) is 0.417. The maximum Gasteiger partial charge on any atom is 0.261 e. The van der Waals surface area contributed by atoms with Crippen LogP contribution >= 0.6 is 0 Å². The minimum absolute atomic E-state index is 0.133. The van der Waals surface area contributed by atoms with Gasteiger partial charge in [0, 0.05) is 13.1 Å². The van der Waals surface area contributed by atoms with Crippen LogP contribution in [0.2, 0.25) is 0 Å². The standard InChI is InChI=1S/C24H32N2O4/c1-5-6-14-25-24(28)19(3)26(16-20-10-12-21(29-4)13-11-20)23(27)17-30-22-9-7-8-18(2)15-22/h7-13,15,19H,5-6,14,16-17H2,1-4H3,(H,25,28). The molecule has 0 aliphatic carbocycles. The SMILES string of the molecule is CCCCNC(=O)C(C)N(Cc1ccc(OC)cc1)C(=O)COc1cccc(C)c1. The molecule has 0 radical (unpaired) electrons. The van der Waals surface area contributed by atoms with E-state index in [-0.39, 0.29) is 18.4 Å². The van der Waals surface area contributed by atoms with Gasteiger partial charge < -0.3 is 19.7 Å². The molecule has 0 aliphatic rings. The van der Waals surface area contributed by atoms with Crippen LogP contribution < -0.4 is 14.8 Å². The number of hydrogen-bond acceptors (Lipinski definition) is 4. The maximum atomic E-state index is 13.0. The fourth-order valence-electron chi connectivity index (χ4n) is 2.98. The van der Waals surface area contributed by atoms with Crippen LogP contribution in [0.5, 0.6) is 11.5 Å². The van der Waals surface area contributed by atoms with Crippen molar-refractivity contribution < 1.29 is 19.1 Å². The molecule has 6 heteroatoms. The number of hydrogen-bond donors (Lipinski definition) is 1. The Hall–Kier alpha value is -3.02. The number of unbranched alkanes of at least 4 members (excludes halogenated alkanes) is 1. The van der Waals surface area contributed by atoms with Gasteiger partial charge in [0.2, 0.25) is 5.91 Å². The average molecular weight is 413 g/mol. The molecule has 6 nitrogen and oxygen atoms in total. The number of ether oxygens (including phenoxy) is 2. The number of nitrogens with zero attached hydrogens (tertiary/aromatic N) is 1. The van der Waals surface area contributed by atoms with Gasteiger partial charge in [0.25, 0.3) is 5.91 Å². The summed E-state index contributed by atoms with van der Waals surface area (Å²) in [6, 6.07) is 14.4. The summed E-state index contributed by atoms with van der Waals surface area (Å²) in [5.74, 6) is 0.962. The molecule has 0 aliphatic heterocycles. The van der Waals surface area contributed by atoms with Gasteiger partial charge in [0.05, 0.1) is 7.11 Å². The molecule has 1 atom stereocenters. The van der Waals surface area contributed by atoms with Gasteiger partial charge in [-0.2, -0.15) is 0 Å². The molecule has 2 aromatic carbocycles. The molecule has 2 aromatic rings. The number of nitrogens with one attached hydrogen (secondary N) is 1. The normalized spacial score (nSPS) is 11.5. The molecule has 30 heavy (non-hydrogen) atoms. The summed E-state index contributed by atoms with van der Waals surface area (Å²) in [6.45, 7) is 6.55. The molecule has 0 heterocycles. The fourth-order valence-corrected chi connectivity index (χ4v) is 2.98. The van der Waals surface area contributed by atoms with E-state index < -0.39 is 6.04 Å². The van der Waals surface area contributed by atoms with Gasteiger partial charge >= 0.3 is 0 Å². The third kappa shape index (κ3) is 7.10. The molecule has 0 saturated heterocycles. The van der Waals surface area contributed by atoms with Crippen LogP contribution in [0.1, 0.15) is 37.8 Å². The highest BCUT2D eigenvalue weighted by atomic mass is 16.5. The Labute approximate surface area is 179 Å². The van der Waals surface area contributed by atoms with Crippen molar-refractivity contribution >= 4 is 11.8 Å². The summed E-state index contributed by atoms with van der Waals surface area (Å²) in [4.78, 5) is 27.2. The summed E-state index contributed by atoms with van der Waals surface area (Å²) >= 11 is 0. The van der Waals surface area contributed by atoms with Gasteiger partial charge in [-0.25, -0.2) is 0 Å². The third-order valence-electron chi connectivity index (χ3n) is 4.86. The Balaban J connectivity index is 2.11. The minimum atomic E-state index is -0.613. The summed E-state index contributed by atoms with van der Waals surface area (Å²) < 4.78 is 10.9. The van der Waals surface area contributed by atoms with E-state index in [2.05, 4.69) is 12.2 Å². The molecular formula is C24H32N2O4. The van der Waals surface area contributed by atoms with E-state index in [4.69, 9.17) is 9.47 Å². The molecule has 2 amide bonds. The second-order valence-electron chi connectivity index (χ2n) is 7.30. The number of amides is 2. The minimum Gasteiger partial charge on any atom is -0.497 e. The first kappa shape index (κ1) is 23.3. The van der Waals surface area contributed by atoms with Gasteiger partial charge in [-0.1, -0.05) is 37.6 Å². The highest BCUT2D eigenvalue weighted by Crippen LogP contribution is 2.16. The first-order valence-electron chi connectivity index (χ1n) is 10.3. The number of benzene rings is 2. The number of aryl methyl sites for hydroxylation is 1. The lowest BCUT2D eigenvalue weighted by molar-refractivity contribution is -0.142. The average Bonchev–Trinajstić information content (AvgIpc) is 2.76. The molecule has 0 fully saturated rings. The number of methoxy groups -OCH3 is 1. The van der Waals surface area contributed by atoms with Crippen molar-refractivity contribution in [3.63, 3.8) is 0 Å². The number of rotatable bonds is 11. The molecule has 0 saturated carbocycles. The van der Waals surface area contributed by atoms with Crippen molar-refractivity contribution in [3.05, 3.63) is 59.7 Å². The largest absolute Gasteiger partial charge is 0.497 e. The number of carbonyl (C=O) groups is 2. The Morgan fingerprint density at radius 1 is 1.10 bits per heavy atom. The van der Waals surface area contributed by atoms with E-state index in [1.807, 2.05) is 55.5 Å². The van der Waals surface area contributed by atoms with Crippen LogP contribution in [0, 0.1) is 6.92 Å². The molecule has 162 valence electrons. The zero-order valence-corrected chi connectivity index (χ0v) is 18.3. The van der Waals surface area contributed by atoms with Crippen molar-refractivity contribution in [2.24, 2.45) is 0 Å². The quantitative estimate of drug-likeness (QED) is 0.571. The molecular weight excluding hydrogens is 380 g/mol. The Morgan fingerprint density at radius 3 is 2.47 bits per heavy atom. The first-order chi connectivity index (χ1) is 14.4. The van der Waals surface area contributed by atoms with Gasteiger partial charge in [-0.3, -0.25) is 9.59 Å². The highest BCUT2D eigenvalue weighted by Gasteiger charge is 2.26. The summed E-state index contributed by atoms with van der Waals surface area (Å²) in [6.07, 6.45) is 1.90. The Bertz CT molecular complexity index is 820. The maximum absolute atomic E-state index is 13.0. The topological polar surface area (TPSA) is 67.9 Å². The van der Waals surface area contributed by atoms with Crippen LogP contribution in [0.4, 0.5) is 0 Å². The van der Waals surface area contributed by atoms with Crippen LogP contribution in [-0.4, -0.2) is 43.0 Å². The van der Waals surface area contributed by atoms with Gasteiger partial charge in [-0.05, 0) is 55.7 Å². The molecule has 1 unspecified atom stereocenters. The predicted octanol–water partition coefficient (Wildman–Crippen LogP) is 3.72. The smallest absolute Gasteiger partial charge is 0.261 e. The molecule has 1 N–H and O–H groups in total. The van der Waals surface area contributed by atoms with Crippen LogP contribution in [0.3, 0.4) is 0 Å². The zero-order chi connectivity index (χ0) is 21.9. The lowest BCUT2D eigenvalue weighted by Gasteiger charge is -2.29. The lowest BCUT2D eigenvalue weighted by Crippen LogP contribution is -2.49. The second kappa shape index (κ2) is 11.9. The van der Waals surface area contributed by atoms with Crippen molar-refractivity contribution in [3.8, 4) is 11.5 Å². The van der Waals surface area contributed by atoms with Crippen LogP contribution in [0.25, 0.3) is 0 Å². The lowest BCUT2D eigenvalue weighted by atomic mass is 10.1. The van der Waals surface area contributed by atoms with Gasteiger partial charge in [0.15, 0.2) is 6.61 Å². The monoisotopic (exact) mass is 412 g/mol. The van der Waals surface area contributed by atoms with Crippen molar-refractivity contribution in [2.75, 3.05) is 20.3 Å². The van der Waals surface area contributed by atoms with Crippen LogP contribution in [-0.2, 0) is 16.1 Å². The molecule has 0 aromatic heterocycles. The Morgan fingerprint density at radius 2 is 1.83 bits per heavy atom. The van der Waals surface area contributed by atoms with Crippen LogP contribution in [0.15, 0.2) is 48.5 Å². The molecule has 2 rings (SSSR count). The zero-order valence-electron chi connectivity index (χ0n) is 18.3. The summed E-state index contributed by atoms with van der Waals surface area (Å²) in [5, 5.41) is 2.91. The third-order valence-corrected chi connectivity index (χ3v) is 4.86. The van der Waals surface area contributed by atoms with Gasteiger partial charge in [-0.15, -0.1) is 0 Å². The van der Waals surface area contributed by atoms with E-state index in [0.29, 0.717) is 18.8 Å². The molecule has 0 spiro atoms. The summed E-state index contributed by atoms with van der Waals surface area (Å²) in [5.41, 5.74) is 1.96. The van der Waals surface area contributed by atoms with E-state index in [0.717, 1.165) is 29.7 Å². The second-order valence-corrected chi connectivity index (χ2v) is 7.30. The van der Waals surface area contributed by atoms with Gasteiger partial charge in [0.1, 0.15) is 17.5 Å². The highest BCUT2D eigenvalue weighted by molar-refractivity contribution is 5.87. The summed E-state index contributed by atoms with van der Waals surface area (Å²) in [7, 11) is 1.61. The van der Waals surface area contributed by atoms with E-state index in [9.17, 15) is 9.59 Å². The Kier molecular flexibility index (Phi) is 9.19.